The van der Waals surface area contributed by atoms with Gasteiger partial charge in [-0.25, -0.2) is 9.78 Å². The van der Waals surface area contributed by atoms with Gasteiger partial charge in [-0.3, -0.25) is 4.79 Å². The molecule has 0 aliphatic carbocycles. The first-order valence-electron chi connectivity index (χ1n) is 12.3. The molecule has 0 unspecified atom stereocenters. The molecule has 0 aliphatic rings. The zero-order valence-electron chi connectivity index (χ0n) is 20.7. The quantitative estimate of drug-likeness (QED) is 0.248. The Bertz CT molecular complexity index is 910. The Morgan fingerprint density at radius 3 is 2.03 bits per heavy atom. The third-order valence-corrected chi connectivity index (χ3v) is 5.57. The summed E-state index contributed by atoms with van der Waals surface area (Å²) in [6.45, 7) is 7.45. The molecule has 0 fully saturated rings. The number of aromatic nitrogens is 2. The number of hydrogen-bond donors (Lipinski definition) is 3. The van der Waals surface area contributed by atoms with Crippen LogP contribution in [-0.2, 0) is 22.7 Å². The average molecular weight is 474 g/mol. The Morgan fingerprint density at radius 1 is 0.912 bits per heavy atom. The van der Waals surface area contributed by atoms with E-state index in [1.807, 2.05) is 13.0 Å². The van der Waals surface area contributed by atoms with Crippen LogP contribution >= 0.6 is 0 Å². The fourth-order valence-electron chi connectivity index (χ4n) is 3.67. The summed E-state index contributed by atoms with van der Waals surface area (Å²) in [6.07, 6.45) is 8.53. The van der Waals surface area contributed by atoms with Gasteiger partial charge in [-0.15, -0.1) is 0 Å². The number of pyridine rings is 1. The molecule has 2 heterocycles. The van der Waals surface area contributed by atoms with Crippen LogP contribution in [0.2, 0.25) is 0 Å². The van der Waals surface area contributed by atoms with Crippen LogP contribution in [0.15, 0.2) is 18.2 Å². The van der Waals surface area contributed by atoms with E-state index in [-0.39, 0.29) is 24.6 Å². The van der Waals surface area contributed by atoms with Crippen LogP contribution in [-0.4, -0.2) is 40.2 Å². The molecular formula is C26H39N3O5. The summed E-state index contributed by atoms with van der Waals surface area (Å²) in [5.41, 5.74) is 1.87. The number of amides is 1. The number of anilines is 1. The second kappa shape index (κ2) is 15.2. The molecule has 0 spiro atoms. The lowest BCUT2D eigenvalue weighted by atomic mass is 10.1. The van der Waals surface area contributed by atoms with Crippen molar-refractivity contribution in [3.05, 3.63) is 46.4 Å². The minimum absolute atomic E-state index is 0.0412. The standard InChI is InChI=1S/C26H39N3O5/c1-4-6-8-10-15-33-17-20-21(18-34-16-11-9-7-5-2)24(26(31)32)29-23(20)25(30)28-22-14-12-13-19(3)27-22/h12-14,29H,4-11,15-18H2,1-3H3,(H,31,32)(H,27,28,30). The summed E-state index contributed by atoms with van der Waals surface area (Å²) >= 11 is 0. The van der Waals surface area contributed by atoms with Crippen LogP contribution in [0.1, 0.15) is 103 Å². The molecule has 0 aromatic carbocycles. The van der Waals surface area contributed by atoms with Gasteiger partial charge in [0.15, 0.2) is 0 Å². The number of aromatic amines is 1. The fraction of sp³-hybridized carbons (Fsp3) is 0.577. The molecule has 8 nitrogen and oxygen atoms in total. The van der Waals surface area contributed by atoms with E-state index < -0.39 is 11.9 Å². The van der Waals surface area contributed by atoms with Crippen molar-refractivity contribution >= 4 is 17.7 Å². The summed E-state index contributed by atoms with van der Waals surface area (Å²) in [7, 11) is 0. The molecule has 0 saturated heterocycles. The number of carbonyl (C=O) groups excluding carboxylic acids is 1. The lowest BCUT2D eigenvalue weighted by molar-refractivity contribution is 0.0679. The van der Waals surface area contributed by atoms with E-state index in [1.165, 1.54) is 0 Å². The number of carboxylic acid groups (broad SMARTS) is 1. The zero-order valence-corrected chi connectivity index (χ0v) is 20.7. The molecule has 34 heavy (non-hydrogen) atoms. The van der Waals surface area contributed by atoms with E-state index in [0.717, 1.165) is 57.1 Å². The van der Waals surface area contributed by atoms with E-state index in [1.54, 1.807) is 12.1 Å². The summed E-state index contributed by atoms with van der Waals surface area (Å²) in [5, 5.41) is 12.5. The van der Waals surface area contributed by atoms with Crippen LogP contribution < -0.4 is 5.32 Å². The number of nitrogens with one attached hydrogen (secondary N) is 2. The highest BCUT2D eigenvalue weighted by Crippen LogP contribution is 2.23. The van der Waals surface area contributed by atoms with Crippen molar-refractivity contribution in [2.24, 2.45) is 0 Å². The smallest absolute Gasteiger partial charge is 0.352 e. The lowest BCUT2D eigenvalue weighted by Crippen LogP contribution is -2.16. The summed E-state index contributed by atoms with van der Waals surface area (Å²) in [4.78, 5) is 32.2. The molecule has 188 valence electrons. The number of H-pyrrole nitrogens is 1. The van der Waals surface area contributed by atoms with E-state index in [2.05, 4.69) is 29.1 Å². The maximum absolute atomic E-state index is 13.1. The second-order valence-corrected chi connectivity index (χ2v) is 8.48. The van der Waals surface area contributed by atoms with Crippen molar-refractivity contribution in [1.29, 1.82) is 0 Å². The third-order valence-electron chi connectivity index (χ3n) is 5.57. The number of carboxylic acids is 1. The van der Waals surface area contributed by atoms with Crippen LogP contribution in [0.3, 0.4) is 0 Å². The van der Waals surface area contributed by atoms with Crippen molar-refractivity contribution < 1.29 is 24.2 Å². The second-order valence-electron chi connectivity index (χ2n) is 8.48. The van der Waals surface area contributed by atoms with Crippen LogP contribution in [0.25, 0.3) is 0 Å². The van der Waals surface area contributed by atoms with Gasteiger partial charge in [0.2, 0.25) is 0 Å². The van der Waals surface area contributed by atoms with E-state index >= 15 is 0 Å². The predicted octanol–water partition coefficient (Wildman–Crippen LogP) is 5.86. The van der Waals surface area contributed by atoms with Crippen molar-refractivity contribution in [3.63, 3.8) is 0 Å². The van der Waals surface area contributed by atoms with Gasteiger partial charge in [0.05, 0.1) is 13.2 Å². The Balaban J connectivity index is 2.21. The molecule has 0 aliphatic heterocycles. The molecule has 3 N–H and O–H groups in total. The highest BCUT2D eigenvalue weighted by atomic mass is 16.5. The molecule has 2 rings (SSSR count). The van der Waals surface area contributed by atoms with Crippen LogP contribution in [0, 0.1) is 6.92 Å². The zero-order chi connectivity index (χ0) is 24.8. The topological polar surface area (TPSA) is 114 Å². The van der Waals surface area contributed by atoms with Gasteiger partial charge in [0.1, 0.15) is 17.2 Å². The molecule has 0 atom stereocenters. The monoisotopic (exact) mass is 473 g/mol. The number of hydrogen-bond acceptors (Lipinski definition) is 5. The van der Waals surface area contributed by atoms with Crippen molar-refractivity contribution in [1.82, 2.24) is 9.97 Å². The molecular weight excluding hydrogens is 434 g/mol. The molecule has 8 heteroatoms. The highest BCUT2D eigenvalue weighted by molar-refractivity contribution is 6.05. The molecule has 2 aromatic rings. The fourth-order valence-corrected chi connectivity index (χ4v) is 3.67. The van der Waals surface area contributed by atoms with E-state index in [9.17, 15) is 14.7 Å². The number of aryl methyl sites for hydroxylation is 1. The Labute approximate surface area is 202 Å². The number of aromatic carboxylic acids is 1. The first-order chi connectivity index (χ1) is 16.5. The number of carbonyl (C=O) groups is 2. The number of unbranched alkanes of at least 4 members (excludes halogenated alkanes) is 6. The average Bonchev–Trinajstić information content (AvgIpc) is 3.17. The molecule has 0 radical (unpaired) electrons. The number of ether oxygens (including phenoxy) is 2. The molecule has 2 aromatic heterocycles. The van der Waals surface area contributed by atoms with E-state index in [4.69, 9.17) is 9.47 Å². The largest absolute Gasteiger partial charge is 0.477 e. The van der Waals surface area contributed by atoms with Gasteiger partial charge >= 0.3 is 5.97 Å². The van der Waals surface area contributed by atoms with Crippen molar-refractivity contribution in [2.75, 3.05) is 18.5 Å². The summed E-state index contributed by atoms with van der Waals surface area (Å²) in [6, 6.07) is 5.32. The molecule has 0 bridgehead atoms. The molecule has 0 saturated carbocycles. The predicted molar refractivity (Wildman–Crippen MR) is 132 cm³/mol. The third kappa shape index (κ3) is 8.91. The van der Waals surface area contributed by atoms with Gasteiger partial charge in [0, 0.05) is 30.0 Å². The van der Waals surface area contributed by atoms with Crippen LogP contribution in [0.5, 0.6) is 0 Å². The minimum Gasteiger partial charge on any atom is -0.477 e. The van der Waals surface area contributed by atoms with Gasteiger partial charge in [-0.2, -0.15) is 0 Å². The highest BCUT2D eigenvalue weighted by Gasteiger charge is 2.26. The first-order valence-corrected chi connectivity index (χ1v) is 12.3. The first kappa shape index (κ1) is 27.5. The Kier molecular flexibility index (Phi) is 12.3. The minimum atomic E-state index is -1.14. The normalized spacial score (nSPS) is 11.0. The lowest BCUT2D eigenvalue weighted by Gasteiger charge is -2.10. The van der Waals surface area contributed by atoms with Crippen LogP contribution in [0.4, 0.5) is 5.82 Å². The number of nitrogens with zero attached hydrogens (tertiary/aromatic N) is 1. The van der Waals surface area contributed by atoms with Gasteiger partial charge in [-0.05, 0) is 31.9 Å². The maximum atomic E-state index is 13.1. The number of rotatable bonds is 17. The SMILES string of the molecule is CCCCCCOCc1c(C(=O)O)[nH]c(C(=O)Nc2cccc(C)n2)c1COCCCCCC. The molecule has 1 amide bonds. The van der Waals surface area contributed by atoms with Gasteiger partial charge in [-0.1, -0.05) is 58.4 Å². The van der Waals surface area contributed by atoms with Gasteiger partial charge < -0.3 is 24.9 Å². The summed E-state index contributed by atoms with van der Waals surface area (Å²) < 4.78 is 11.7. The Hall–Kier alpha value is -2.71. The van der Waals surface area contributed by atoms with Gasteiger partial charge in [0.25, 0.3) is 5.91 Å². The maximum Gasteiger partial charge on any atom is 0.352 e. The van der Waals surface area contributed by atoms with Crippen molar-refractivity contribution in [2.45, 2.75) is 85.4 Å². The summed E-state index contributed by atoms with van der Waals surface area (Å²) in [5.74, 6) is -1.20. The Morgan fingerprint density at radius 2 is 1.50 bits per heavy atom. The van der Waals surface area contributed by atoms with Crippen molar-refractivity contribution in [3.8, 4) is 0 Å². The van der Waals surface area contributed by atoms with E-state index in [0.29, 0.717) is 30.2 Å².